The minimum atomic E-state index is -0.313. The van der Waals surface area contributed by atoms with Gasteiger partial charge in [0.15, 0.2) is 0 Å². The van der Waals surface area contributed by atoms with Crippen LogP contribution in [0.15, 0.2) is 47.3 Å². The van der Waals surface area contributed by atoms with Crippen LogP contribution in [0.1, 0.15) is 21.5 Å². The van der Waals surface area contributed by atoms with Gasteiger partial charge < -0.3 is 10.3 Å². The van der Waals surface area contributed by atoms with Gasteiger partial charge in [-0.1, -0.05) is 35.4 Å². The van der Waals surface area contributed by atoms with Crippen molar-refractivity contribution in [3.63, 3.8) is 0 Å². The first kappa shape index (κ1) is 18.3. The fourth-order valence-corrected chi connectivity index (χ4v) is 3.72. The Kier molecular flexibility index (Phi) is 4.65. The number of H-pyrrole nitrogens is 1. The summed E-state index contributed by atoms with van der Waals surface area (Å²) in [5, 5.41) is 3.87. The average molecular weight is 395 g/mol. The molecule has 7 heteroatoms. The van der Waals surface area contributed by atoms with Crippen LogP contribution in [-0.2, 0) is 6.54 Å². The normalized spacial score (nSPS) is 11.2. The molecule has 142 valence electrons. The molecule has 0 aliphatic heterocycles. The van der Waals surface area contributed by atoms with Gasteiger partial charge in [0.1, 0.15) is 5.15 Å². The minimum absolute atomic E-state index is 0.168. The van der Waals surface area contributed by atoms with Crippen LogP contribution in [0.3, 0.4) is 0 Å². The third-order valence-corrected chi connectivity index (χ3v) is 5.04. The van der Waals surface area contributed by atoms with Gasteiger partial charge in [-0.05, 0) is 43.7 Å². The summed E-state index contributed by atoms with van der Waals surface area (Å²) in [6.07, 6.45) is 0. The maximum absolute atomic E-state index is 12.6. The van der Waals surface area contributed by atoms with E-state index in [4.69, 9.17) is 11.6 Å². The van der Waals surface area contributed by atoms with Crippen molar-refractivity contribution in [2.75, 3.05) is 6.54 Å². The number of benzene rings is 2. The van der Waals surface area contributed by atoms with Crippen molar-refractivity contribution >= 4 is 39.4 Å². The largest absolute Gasteiger partial charge is 0.350 e. The first-order chi connectivity index (χ1) is 13.4. The number of halogens is 1. The van der Waals surface area contributed by atoms with Crippen LogP contribution in [0, 0.1) is 13.8 Å². The second-order valence-electron chi connectivity index (χ2n) is 6.84. The smallest absolute Gasteiger partial charge is 0.326 e. The van der Waals surface area contributed by atoms with Crippen LogP contribution >= 0.6 is 11.6 Å². The van der Waals surface area contributed by atoms with Crippen LogP contribution in [0.5, 0.6) is 0 Å². The number of aryl methyl sites for hydroxylation is 2. The van der Waals surface area contributed by atoms with Gasteiger partial charge in [-0.15, -0.1) is 0 Å². The lowest BCUT2D eigenvalue weighted by Crippen LogP contribution is -2.30. The molecular weight excluding hydrogens is 376 g/mol. The number of imidazole rings is 1. The van der Waals surface area contributed by atoms with Crippen molar-refractivity contribution in [3.8, 4) is 0 Å². The number of aromatic nitrogens is 3. The molecule has 2 heterocycles. The van der Waals surface area contributed by atoms with E-state index < -0.39 is 0 Å². The highest BCUT2D eigenvalue weighted by atomic mass is 35.5. The highest BCUT2D eigenvalue weighted by molar-refractivity contribution is 6.33. The highest BCUT2D eigenvalue weighted by Gasteiger charge is 2.14. The average Bonchev–Trinajstić information content (AvgIpc) is 2.97. The lowest BCUT2D eigenvalue weighted by atomic mass is 10.1. The van der Waals surface area contributed by atoms with Crippen molar-refractivity contribution in [1.29, 1.82) is 0 Å². The third kappa shape index (κ3) is 3.27. The highest BCUT2D eigenvalue weighted by Crippen LogP contribution is 2.24. The zero-order valence-electron chi connectivity index (χ0n) is 15.5. The molecule has 0 saturated heterocycles. The van der Waals surface area contributed by atoms with Gasteiger partial charge in [-0.2, -0.15) is 0 Å². The molecule has 4 rings (SSSR count). The monoisotopic (exact) mass is 394 g/mol. The molecule has 2 N–H and O–H groups in total. The SMILES string of the molecule is Cc1cc(C)c2nc(Cl)c(C(=O)NCCn3c(=O)[nH]c4ccccc43)cc2c1. The quantitative estimate of drug-likeness (QED) is 0.519. The van der Waals surface area contributed by atoms with Crippen LogP contribution in [0.4, 0.5) is 0 Å². The Labute approximate surface area is 166 Å². The number of para-hydroxylation sites is 2. The van der Waals surface area contributed by atoms with Crippen molar-refractivity contribution in [2.24, 2.45) is 0 Å². The van der Waals surface area contributed by atoms with Gasteiger partial charge in [0.25, 0.3) is 5.91 Å². The zero-order chi connectivity index (χ0) is 19.8. The van der Waals surface area contributed by atoms with Gasteiger partial charge in [0, 0.05) is 18.5 Å². The fourth-order valence-electron chi connectivity index (χ4n) is 3.49. The summed E-state index contributed by atoms with van der Waals surface area (Å²) in [6, 6.07) is 13.2. The van der Waals surface area contributed by atoms with Crippen molar-refractivity contribution in [2.45, 2.75) is 20.4 Å². The molecule has 4 aromatic rings. The number of hydrogen-bond donors (Lipinski definition) is 2. The minimum Gasteiger partial charge on any atom is -0.350 e. The number of aromatic amines is 1. The summed E-state index contributed by atoms with van der Waals surface area (Å²) >= 11 is 6.26. The number of carbonyl (C=O) groups excluding carboxylic acids is 1. The summed E-state index contributed by atoms with van der Waals surface area (Å²) in [4.78, 5) is 31.9. The fraction of sp³-hybridized carbons (Fsp3) is 0.190. The molecule has 0 atom stereocenters. The van der Waals surface area contributed by atoms with Gasteiger partial charge in [0.2, 0.25) is 0 Å². The molecule has 0 fully saturated rings. The Bertz CT molecular complexity index is 1270. The van der Waals surface area contributed by atoms with Gasteiger partial charge in [-0.3, -0.25) is 9.36 Å². The molecule has 2 aromatic carbocycles. The number of nitrogens with zero attached hydrogens (tertiary/aromatic N) is 2. The summed E-state index contributed by atoms with van der Waals surface area (Å²) in [5.74, 6) is -0.313. The first-order valence-electron chi connectivity index (χ1n) is 8.97. The van der Waals surface area contributed by atoms with Crippen LogP contribution in [0.2, 0.25) is 5.15 Å². The van der Waals surface area contributed by atoms with Crippen molar-refractivity contribution < 1.29 is 4.79 Å². The Hall–Kier alpha value is -3.12. The predicted octanol–water partition coefficient (Wildman–Crippen LogP) is 3.58. The van der Waals surface area contributed by atoms with E-state index >= 15 is 0 Å². The van der Waals surface area contributed by atoms with E-state index in [-0.39, 0.29) is 16.8 Å². The van der Waals surface area contributed by atoms with E-state index in [0.29, 0.717) is 18.7 Å². The summed E-state index contributed by atoms with van der Waals surface area (Å²) < 4.78 is 1.60. The molecule has 6 nitrogen and oxygen atoms in total. The Morgan fingerprint density at radius 2 is 2.00 bits per heavy atom. The van der Waals surface area contributed by atoms with Gasteiger partial charge in [-0.25, -0.2) is 9.78 Å². The summed E-state index contributed by atoms with van der Waals surface area (Å²) in [7, 11) is 0. The number of pyridine rings is 1. The standard InChI is InChI=1S/C21H19ClN4O2/c1-12-9-13(2)18-14(10-12)11-15(19(22)25-18)20(27)23-7-8-26-17-6-4-3-5-16(17)24-21(26)28/h3-6,9-11H,7-8H2,1-2H3,(H,23,27)(H,24,28). The lowest BCUT2D eigenvalue weighted by Gasteiger charge is -2.10. The predicted molar refractivity (Wildman–Crippen MR) is 111 cm³/mol. The van der Waals surface area contributed by atoms with Gasteiger partial charge in [0.05, 0.1) is 22.1 Å². The molecule has 0 bridgehead atoms. The molecule has 28 heavy (non-hydrogen) atoms. The molecule has 0 radical (unpaired) electrons. The third-order valence-electron chi connectivity index (χ3n) is 4.75. The number of rotatable bonds is 4. The van der Waals surface area contributed by atoms with Crippen molar-refractivity contribution in [3.05, 3.63) is 74.8 Å². The molecule has 0 aliphatic rings. The molecular formula is C21H19ClN4O2. The topological polar surface area (TPSA) is 79.8 Å². The van der Waals surface area contributed by atoms with E-state index in [9.17, 15) is 9.59 Å². The Balaban J connectivity index is 1.54. The molecule has 0 saturated carbocycles. The van der Waals surface area contributed by atoms with E-state index in [2.05, 4.69) is 15.3 Å². The van der Waals surface area contributed by atoms with Crippen molar-refractivity contribution in [1.82, 2.24) is 19.9 Å². The zero-order valence-corrected chi connectivity index (χ0v) is 16.3. The van der Waals surface area contributed by atoms with E-state index in [0.717, 1.165) is 33.1 Å². The Morgan fingerprint density at radius 3 is 2.82 bits per heavy atom. The summed E-state index contributed by atoms with van der Waals surface area (Å²) in [6.45, 7) is 4.62. The molecule has 0 spiro atoms. The first-order valence-corrected chi connectivity index (χ1v) is 9.35. The molecule has 1 amide bonds. The van der Waals surface area contributed by atoms with E-state index in [1.807, 2.05) is 50.2 Å². The Morgan fingerprint density at radius 1 is 1.21 bits per heavy atom. The molecule has 0 aliphatic carbocycles. The second-order valence-corrected chi connectivity index (χ2v) is 7.19. The van der Waals surface area contributed by atoms with E-state index in [1.54, 1.807) is 10.6 Å². The number of hydrogen-bond acceptors (Lipinski definition) is 3. The number of carbonyl (C=O) groups is 1. The maximum Gasteiger partial charge on any atom is 0.326 e. The number of amides is 1. The molecule has 0 unspecified atom stereocenters. The second kappa shape index (κ2) is 7.13. The van der Waals surface area contributed by atoms with Crippen LogP contribution in [0.25, 0.3) is 21.9 Å². The van der Waals surface area contributed by atoms with Crippen LogP contribution in [-0.4, -0.2) is 27.0 Å². The number of nitrogens with one attached hydrogen (secondary N) is 2. The van der Waals surface area contributed by atoms with E-state index in [1.165, 1.54) is 0 Å². The van der Waals surface area contributed by atoms with Crippen LogP contribution < -0.4 is 11.0 Å². The number of fused-ring (bicyclic) bond motifs is 2. The molecule has 2 aromatic heterocycles. The summed E-state index contributed by atoms with van der Waals surface area (Å²) in [5.41, 5.74) is 4.60. The lowest BCUT2D eigenvalue weighted by molar-refractivity contribution is 0.0952. The van der Waals surface area contributed by atoms with Gasteiger partial charge >= 0.3 is 5.69 Å². The maximum atomic E-state index is 12.6.